The van der Waals surface area contributed by atoms with Crippen molar-refractivity contribution in [2.24, 2.45) is 0 Å². The zero-order valence-corrected chi connectivity index (χ0v) is 10.1. The van der Waals surface area contributed by atoms with Crippen molar-refractivity contribution in [3.63, 3.8) is 0 Å². The zero-order chi connectivity index (χ0) is 11.4. The summed E-state index contributed by atoms with van der Waals surface area (Å²) in [5, 5.41) is 11.9. The van der Waals surface area contributed by atoms with Gasteiger partial charge < -0.3 is 10.1 Å². The van der Waals surface area contributed by atoms with E-state index in [1.54, 1.807) is 0 Å². The zero-order valence-electron chi connectivity index (χ0n) is 10.1. The second-order valence-electron chi connectivity index (χ2n) is 3.77. The lowest BCUT2D eigenvalue weighted by Gasteiger charge is -2.10. The minimum atomic E-state index is -0.142. The molecular weight excluding hydrogens is 188 g/mol. The lowest BCUT2D eigenvalue weighted by molar-refractivity contribution is 0.119. The molecule has 88 valence electrons. The van der Waals surface area contributed by atoms with Gasteiger partial charge in [-0.3, -0.25) is 0 Å². The predicted molar refractivity (Wildman–Crippen MR) is 62.7 cm³/mol. The maximum absolute atomic E-state index is 8.80. The molecule has 0 aromatic rings. The average molecular weight is 212 g/mol. The molecule has 3 nitrogen and oxygen atoms in total. The number of ether oxygens (including phenoxy) is 1. The fourth-order valence-corrected chi connectivity index (χ4v) is 1.29. The number of unbranched alkanes of at least 4 members (excludes halogenated alkanes) is 3. The van der Waals surface area contributed by atoms with Crippen LogP contribution in [0.2, 0.25) is 0 Å². The molecular formula is C12H24N2O. The van der Waals surface area contributed by atoms with E-state index < -0.39 is 0 Å². The molecule has 0 aliphatic carbocycles. The number of hydrogen-bond acceptors (Lipinski definition) is 3. The summed E-state index contributed by atoms with van der Waals surface area (Å²) in [6.45, 7) is 6.47. The van der Waals surface area contributed by atoms with Crippen LogP contribution in [0.5, 0.6) is 0 Å². The number of rotatable bonds is 10. The molecule has 0 aliphatic heterocycles. The molecule has 0 bridgehead atoms. The van der Waals surface area contributed by atoms with E-state index in [-0.39, 0.29) is 6.04 Å². The fourth-order valence-electron chi connectivity index (χ4n) is 1.29. The van der Waals surface area contributed by atoms with Crippen LogP contribution in [0.4, 0.5) is 0 Å². The van der Waals surface area contributed by atoms with Gasteiger partial charge in [-0.2, -0.15) is 5.26 Å². The molecule has 0 saturated heterocycles. The lowest BCUT2D eigenvalue weighted by Crippen LogP contribution is -2.32. The first kappa shape index (κ1) is 14.4. The summed E-state index contributed by atoms with van der Waals surface area (Å²) >= 11 is 0. The maximum atomic E-state index is 8.80. The van der Waals surface area contributed by atoms with E-state index in [1.807, 2.05) is 0 Å². The molecule has 1 unspecified atom stereocenters. The van der Waals surface area contributed by atoms with Gasteiger partial charge in [0.25, 0.3) is 0 Å². The van der Waals surface area contributed by atoms with Crippen LogP contribution in [0.15, 0.2) is 0 Å². The van der Waals surface area contributed by atoms with Crippen molar-refractivity contribution in [3.8, 4) is 6.07 Å². The Morgan fingerprint density at radius 3 is 2.60 bits per heavy atom. The highest BCUT2D eigenvalue weighted by molar-refractivity contribution is 4.89. The Hall–Kier alpha value is -0.590. The first-order valence-corrected chi connectivity index (χ1v) is 6.05. The quantitative estimate of drug-likeness (QED) is 0.566. The molecule has 0 aromatic carbocycles. The number of nitrogens with zero attached hydrogens (tertiary/aromatic N) is 1. The normalized spacial score (nSPS) is 12.3. The summed E-state index contributed by atoms with van der Waals surface area (Å²) in [6, 6.07) is 2.06. The summed E-state index contributed by atoms with van der Waals surface area (Å²) in [5.41, 5.74) is 0. The maximum Gasteiger partial charge on any atom is 0.119 e. The second-order valence-corrected chi connectivity index (χ2v) is 3.77. The molecule has 15 heavy (non-hydrogen) atoms. The molecule has 1 atom stereocenters. The van der Waals surface area contributed by atoms with E-state index in [9.17, 15) is 0 Å². The van der Waals surface area contributed by atoms with Gasteiger partial charge in [0, 0.05) is 6.61 Å². The molecule has 0 fully saturated rings. The van der Waals surface area contributed by atoms with Crippen molar-refractivity contribution < 1.29 is 4.74 Å². The third kappa shape index (κ3) is 9.71. The van der Waals surface area contributed by atoms with Crippen LogP contribution >= 0.6 is 0 Å². The lowest BCUT2D eigenvalue weighted by atomic mass is 10.2. The van der Waals surface area contributed by atoms with Crippen molar-refractivity contribution in [1.82, 2.24) is 5.32 Å². The SMILES string of the molecule is CCCCCCOCC(C#N)NCCC. The molecule has 0 saturated carbocycles. The first-order valence-electron chi connectivity index (χ1n) is 6.05. The minimum Gasteiger partial charge on any atom is -0.379 e. The highest BCUT2D eigenvalue weighted by atomic mass is 16.5. The highest BCUT2D eigenvalue weighted by Gasteiger charge is 2.04. The standard InChI is InChI=1S/C12H24N2O/c1-3-5-6-7-9-15-11-12(10-13)14-8-4-2/h12,14H,3-9,11H2,1-2H3. The van der Waals surface area contributed by atoms with Gasteiger partial charge in [-0.25, -0.2) is 0 Å². The van der Waals surface area contributed by atoms with E-state index in [0.717, 1.165) is 26.0 Å². The molecule has 0 heterocycles. The van der Waals surface area contributed by atoms with Crippen LogP contribution in [0.1, 0.15) is 46.0 Å². The summed E-state index contributed by atoms with van der Waals surface area (Å²) < 4.78 is 5.45. The molecule has 0 amide bonds. The van der Waals surface area contributed by atoms with Crippen molar-refractivity contribution in [3.05, 3.63) is 0 Å². The molecule has 0 spiro atoms. The molecule has 0 aliphatic rings. The third-order valence-corrected chi connectivity index (χ3v) is 2.22. The van der Waals surface area contributed by atoms with Gasteiger partial charge in [0.1, 0.15) is 6.04 Å². The summed E-state index contributed by atoms with van der Waals surface area (Å²) in [7, 11) is 0. The van der Waals surface area contributed by atoms with E-state index in [2.05, 4.69) is 25.2 Å². The Kier molecular flexibility index (Phi) is 11.0. The van der Waals surface area contributed by atoms with Gasteiger partial charge in [0.05, 0.1) is 12.7 Å². The Bertz CT molecular complexity index is 165. The van der Waals surface area contributed by atoms with Crippen LogP contribution in [0, 0.1) is 11.3 Å². The monoisotopic (exact) mass is 212 g/mol. The van der Waals surface area contributed by atoms with Crippen molar-refractivity contribution in [2.45, 2.75) is 52.0 Å². The first-order chi connectivity index (χ1) is 7.35. The largest absolute Gasteiger partial charge is 0.379 e. The van der Waals surface area contributed by atoms with Crippen molar-refractivity contribution in [2.75, 3.05) is 19.8 Å². The Morgan fingerprint density at radius 1 is 1.20 bits per heavy atom. The number of nitrogens with one attached hydrogen (secondary N) is 1. The topological polar surface area (TPSA) is 45.0 Å². The van der Waals surface area contributed by atoms with Crippen molar-refractivity contribution in [1.29, 1.82) is 5.26 Å². The van der Waals surface area contributed by atoms with Crippen LogP contribution in [0.3, 0.4) is 0 Å². The van der Waals surface area contributed by atoms with E-state index in [0.29, 0.717) is 6.61 Å². The second kappa shape index (κ2) is 11.5. The van der Waals surface area contributed by atoms with Gasteiger partial charge in [-0.1, -0.05) is 33.1 Å². The van der Waals surface area contributed by atoms with Gasteiger partial charge >= 0.3 is 0 Å². The van der Waals surface area contributed by atoms with Crippen LogP contribution < -0.4 is 5.32 Å². The van der Waals surface area contributed by atoms with Crippen molar-refractivity contribution >= 4 is 0 Å². The van der Waals surface area contributed by atoms with E-state index >= 15 is 0 Å². The molecule has 0 radical (unpaired) electrons. The van der Waals surface area contributed by atoms with Gasteiger partial charge in [0.2, 0.25) is 0 Å². The van der Waals surface area contributed by atoms with Crippen LogP contribution in [0.25, 0.3) is 0 Å². The van der Waals surface area contributed by atoms with Crippen LogP contribution in [-0.2, 0) is 4.74 Å². The van der Waals surface area contributed by atoms with Gasteiger partial charge in [-0.15, -0.1) is 0 Å². The summed E-state index contributed by atoms with van der Waals surface area (Å²) in [6.07, 6.45) is 5.92. The fraction of sp³-hybridized carbons (Fsp3) is 0.917. The Labute approximate surface area is 93.8 Å². The number of hydrogen-bond donors (Lipinski definition) is 1. The van der Waals surface area contributed by atoms with Crippen LogP contribution in [-0.4, -0.2) is 25.8 Å². The molecule has 0 rings (SSSR count). The predicted octanol–water partition coefficient (Wildman–Crippen LogP) is 2.48. The smallest absolute Gasteiger partial charge is 0.119 e. The summed E-state index contributed by atoms with van der Waals surface area (Å²) in [4.78, 5) is 0. The van der Waals surface area contributed by atoms with E-state index in [4.69, 9.17) is 10.00 Å². The van der Waals surface area contributed by atoms with Gasteiger partial charge in [0.15, 0.2) is 0 Å². The van der Waals surface area contributed by atoms with Gasteiger partial charge in [-0.05, 0) is 19.4 Å². The Balaban J connectivity index is 3.27. The molecule has 1 N–H and O–H groups in total. The molecule has 3 heteroatoms. The summed E-state index contributed by atoms with van der Waals surface area (Å²) in [5.74, 6) is 0. The minimum absolute atomic E-state index is 0.142. The van der Waals surface area contributed by atoms with E-state index in [1.165, 1.54) is 19.3 Å². The highest BCUT2D eigenvalue weighted by Crippen LogP contribution is 1.99. The third-order valence-electron chi connectivity index (χ3n) is 2.22. The average Bonchev–Trinajstić information content (AvgIpc) is 2.27. The molecule has 0 aromatic heterocycles. The Morgan fingerprint density at radius 2 is 2.00 bits per heavy atom. The number of nitriles is 1.